The molecule has 2 aromatic rings. The molecule has 1 atom stereocenters. The molecule has 2 aromatic carbocycles. The third-order valence-electron chi connectivity index (χ3n) is 4.14. The van der Waals surface area contributed by atoms with Crippen LogP contribution >= 0.6 is 11.0 Å². The highest BCUT2D eigenvalue weighted by Gasteiger charge is 2.41. The Morgan fingerprint density at radius 3 is 2.20 bits per heavy atom. The van der Waals surface area contributed by atoms with E-state index in [-0.39, 0.29) is 0 Å². The predicted molar refractivity (Wildman–Crippen MR) is 104 cm³/mol. The van der Waals surface area contributed by atoms with Crippen molar-refractivity contribution < 1.29 is 14.2 Å². The molecule has 1 aliphatic heterocycles. The van der Waals surface area contributed by atoms with Gasteiger partial charge >= 0.3 is 0 Å². The predicted octanol–water partition coefficient (Wildman–Crippen LogP) is 3.54. The van der Waals surface area contributed by atoms with E-state index < -0.39 is 17.1 Å². The van der Waals surface area contributed by atoms with Gasteiger partial charge in [-0.25, -0.2) is 4.31 Å². The Hall–Kier alpha value is -1.77. The zero-order valence-electron chi connectivity index (χ0n) is 14.5. The van der Waals surface area contributed by atoms with E-state index in [0.29, 0.717) is 19.5 Å². The topological polar surface area (TPSA) is 70.4 Å². The lowest BCUT2D eigenvalue weighted by Gasteiger charge is -2.44. The van der Waals surface area contributed by atoms with Gasteiger partial charge in [0.05, 0.1) is 23.2 Å². The van der Waals surface area contributed by atoms with Crippen molar-refractivity contribution in [2.75, 3.05) is 35.8 Å². The van der Waals surface area contributed by atoms with E-state index in [1.165, 1.54) is 0 Å². The van der Waals surface area contributed by atoms with Crippen molar-refractivity contribution in [2.45, 2.75) is 12.5 Å². The van der Waals surface area contributed by atoms with Crippen LogP contribution < -0.4 is 8.61 Å². The Morgan fingerprint density at radius 2 is 1.56 bits per heavy atom. The monoisotopic (exact) mass is 363 g/mol. The third-order valence-corrected chi connectivity index (χ3v) is 6.01. The number of fused-ring (bicyclic) bond motifs is 1. The fraction of sp³-hybridized carbons (Fsp3) is 0.333. The second kappa shape index (κ2) is 7.23. The maximum Gasteiger partial charge on any atom is 0.0896 e. The molecule has 1 aliphatic rings. The van der Waals surface area contributed by atoms with Crippen molar-refractivity contribution in [2.24, 2.45) is 0 Å². The van der Waals surface area contributed by atoms with Gasteiger partial charge < -0.3 is 10.0 Å². The van der Waals surface area contributed by atoms with Crippen molar-refractivity contribution in [1.29, 1.82) is 0 Å². The van der Waals surface area contributed by atoms with Gasteiger partial charge in [0.2, 0.25) is 0 Å². The Bertz CT molecular complexity index is 712. The highest BCUT2D eigenvalue weighted by atomic mass is 32.3. The lowest BCUT2D eigenvalue weighted by Crippen LogP contribution is -2.35. The first-order chi connectivity index (χ1) is 11.9. The van der Waals surface area contributed by atoms with Gasteiger partial charge in [0.1, 0.15) is 0 Å². The number of para-hydroxylation sites is 3. The molecule has 0 bridgehead atoms. The van der Waals surface area contributed by atoms with Crippen LogP contribution in [-0.2, 0) is 0 Å². The van der Waals surface area contributed by atoms with E-state index >= 15 is 0 Å². The summed E-state index contributed by atoms with van der Waals surface area (Å²) in [6, 6.07) is 16.9. The number of nitrogens with zero attached hydrogens (tertiary/aromatic N) is 3. The first-order valence-electron chi connectivity index (χ1n) is 8.24. The summed E-state index contributed by atoms with van der Waals surface area (Å²) in [6.45, 7) is 0.898. The first kappa shape index (κ1) is 18.0. The number of anilines is 3. The molecule has 136 valence electrons. The summed E-state index contributed by atoms with van der Waals surface area (Å²) in [5.74, 6) is 0. The van der Waals surface area contributed by atoms with Crippen LogP contribution in [0.5, 0.6) is 0 Å². The largest absolute Gasteiger partial charge is 0.392 e. The fourth-order valence-electron chi connectivity index (χ4n) is 3.08. The Morgan fingerprint density at radius 1 is 0.960 bits per heavy atom. The number of rotatable bonds is 6. The minimum absolute atomic E-state index is 0.359. The summed E-state index contributed by atoms with van der Waals surface area (Å²) in [6.07, 6.45) is -0.0755. The summed E-state index contributed by atoms with van der Waals surface area (Å²) in [5.41, 5.74) is 2.26. The highest BCUT2D eigenvalue weighted by molar-refractivity contribution is 8.27. The summed E-state index contributed by atoms with van der Waals surface area (Å²) in [7, 11) is 0.582. The molecular formula is C18H25N3O3S. The van der Waals surface area contributed by atoms with Crippen LogP contribution in [0.25, 0.3) is 0 Å². The van der Waals surface area contributed by atoms with Gasteiger partial charge in [0.25, 0.3) is 0 Å². The maximum absolute atomic E-state index is 11.0. The molecule has 0 amide bonds. The molecule has 0 unspecified atom stereocenters. The Kier molecular flexibility index (Phi) is 5.21. The van der Waals surface area contributed by atoms with Gasteiger partial charge in [-0.1, -0.05) is 30.3 Å². The maximum atomic E-state index is 11.0. The summed E-state index contributed by atoms with van der Waals surface area (Å²) < 4.78 is 25.2. The minimum atomic E-state index is -3.22. The molecule has 0 spiro atoms. The number of hydrogen-bond donors (Lipinski definition) is 3. The van der Waals surface area contributed by atoms with Crippen LogP contribution in [0.2, 0.25) is 0 Å². The van der Waals surface area contributed by atoms with Crippen LogP contribution in [0, 0.1) is 0 Å². The molecule has 0 fully saturated rings. The van der Waals surface area contributed by atoms with Gasteiger partial charge in [-0.2, -0.15) is 0 Å². The molecule has 0 aromatic heterocycles. The van der Waals surface area contributed by atoms with E-state index in [9.17, 15) is 14.2 Å². The Labute approximate surface area is 150 Å². The van der Waals surface area contributed by atoms with E-state index in [0.717, 1.165) is 17.1 Å². The van der Waals surface area contributed by atoms with Gasteiger partial charge in [-0.05, 0) is 55.7 Å². The van der Waals surface area contributed by atoms with Crippen LogP contribution in [-0.4, -0.2) is 52.4 Å². The van der Waals surface area contributed by atoms with Crippen molar-refractivity contribution in [3.63, 3.8) is 0 Å². The van der Waals surface area contributed by atoms with E-state index in [1.807, 2.05) is 73.6 Å². The molecule has 0 radical (unpaired) electrons. The van der Waals surface area contributed by atoms with Crippen molar-refractivity contribution in [3.05, 3.63) is 54.6 Å². The smallest absolute Gasteiger partial charge is 0.0896 e. The van der Waals surface area contributed by atoms with Crippen molar-refractivity contribution in [1.82, 2.24) is 4.90 Å². The second-order valence-corrected chi connectivity index (χ2v) is 8.20. The zero-order chi connectivity index (χ0) is 18.0. The molecule has 1 heterocycles. The molecule has 0 aliphatic carbocycles. The number of aliphatic hydroxyl groups is 1. The van der Waals surface area contributed by atoms with Crippen LogP contribution in [0.15, 0.2) is 54.6 Å². The second-order valence-electron chi connectivity index (χ2n) is 6.42. The molecule has 0 saturated carbocycles. The normalized spacial score (nSPS) is 18.3. The van der Waals surface area contributed by atoms with E-state index in [2.05, 4.69) is 0 Å². The van der Waals surface area contributed by atoms with Crippen LogP contribution in [0.4, 0.5) is 17.1 Å². The lowest BCUT2D eigenvalue weighted by atomic mass is 10.2. The molecule has 3 N–H and O–H groups in total. The highest BCUT2D eigenvalue weighted by Crippen LogP contribution is 2.63. The average molecular weight is 363 g/mol. The number of benzene rings is 2. The lowest BCUT2D eigenvalue weighted by molar-refractivity contribution is 0.131. The molecule has 6 nitrogen and oxygen atoms in total. The standard InChI is InChI=1S/C18H25N3O3S/c1-19(2)14-16(22)12-13-20-17-10-6-7-11-18(17)21(25(20,23)24)15-8-4-3-5-9-15/h3-11,16,22-24H,12-14H2,1-2H3/t16-/m1/s1. The van der Waals surface area contributed by atoms with Gasteiger partial charge in [-0.15, -0.1) is 0 Å². The van der Waals surface area contributed by atoms with Crippen LogP contribution in [0.1, 0.15) is 6.42 Å². The molecule has 7 heteroatoms. The number of aliphatic hydroxyl groups excluding tert-OH is 1. The third kappa shape index (κ3) is 3.61. The van der Waals surface area contributed by atoms with Gasteiger partial charge in [-0.3, -0.25) is 13.4 Å². The number of hydrogen-bond acceptors (Lipinski definition) is 6. The number of likely N-dealkylation sites (N-methyl/N-ethyl adjacent to an activating group) is 1. The quantitative estimate of drug-likeness (QED) is 0.729. The Balaban J connectivity index is 1.89. The average Bonchev–Trinajstić information content (AvgIpc) is 2.79. The SMILES string of the molecule is CN(C)C[C@H](O)CCN1c2ccccc2N(c2ccccc2)S1(O)O. The van der Waals surface area contributed by atoms with Crippen molar-refractivity contribution >= 4 is 28.0 Å². The van der Waals surface area contributed by atoms with E-state index in [4.69, 9.17) is 0 Å². The zero-order valence-corrected chi connectivity index (χ0v) is 15.3. The van der Waals surface area contributed by atoms with Crippen LogP contribution in [0.3, 0.4) is 0 Å². The van der Waals surface area contributed by atoms with E-state index in [1.54, 1.807) is 8.61 Å². The van der Waals surface area contributed by atoms with Crippen molar-refractivity contribution in [3.8, 4) is 0 Å². The molecule has 0 saturated heterocycles. The summed E-state index contributed by atoms with van der Waals surface area (Å²) in [4.78, 5) is 1.91. The summed E-state index contributed by atoms with van der Waals surface area (Å²) in [5, 5.41) is 10.1. The fourth-order valence-corrected chi connectivity index (χ4v) is 4.86. The summed E-state index contributed by atoms with van der Waals surface area (Å²) >= 11 is 0. The molecular weight excluding hydrogens is 338 g/mol. The molecule has 3 rings (SSSR count). The van der Waals surface area contributed by atoms with Gasteiger partial charge in [0.15, 0.2) is 0 Å². The minimum Gasteiger partial charge on any atom is -0.392 e. The first-order valence-corrected chi connectivity index (χ1v) is 9.70. The van der Waals surface area contributed by atoms with Gasteiger partial charge in [0, 0.05) is 13.1 Å². The molecule has 25 heavy (non-hydrogen) atoms.